The van der Waals surface area contributed by atoms with E-state index < -0.39 is 0 Å². The third-order valence-corrected chi connectivity index (χ3v) is 3.86. The average molecular weight is 290 g/mol. The monoisotopic (exact) mass is 290 g/mol. The van der Waals surface area contributed by atoms with Gasteiger partial charge in [-0.05, 0) is 26.0 Å². The van der Waals surface area contributed by atoms with E-state index in [4.69, 9.17) is 0 Å². The molecule has 5 heteroatoms. The van der Waals surface area contributed by atoms with Crippen LogP contribution in [0, 0.1) is 6.92 Å². The van der Waals surface area contributed by atoms with Crippen molar-refractivity contribution in [1.29, 1.82) is 0 Å². The fourth-order valence-electron chi connectivity index (χ4n) is 1.84. The van der Waals surface area contributed by atoms with Crippen LogP contribution in [-0.2, 0) is 6.54 Å². The Bertz CT molecular complexity index is 563. The lowest BCUT2D eigenvalue weighted by molar-refractivity contribution is 0.775. The molecule has 4 nitrogen and oxygen atoms in total. The molecular weight excluding hydrogens is 268 g/mol. The van der Waals surface area contributed by atoms with Crippen molar-refractivity contribution >= 4 is 23.0 Å². The molecule has 2 heterocycles. The van der Waals surface area contributed by atoms with E-state index >= 15 is 0 Å². The number of anilines is 2. The number of hydrogen-bond acceptors (Lipinski definition) is 5. The van der Waals surface area contributed by atoms with E-state index in [2.05, 4.69) is 60.4 Å². The van der Waals surface area contributed by atoms with Crippen LogP contribution in [0.1, 0.15) is 42.3 Å². The first-order valence-electron chi connectivity index (χ1n) is 7.00. The van der Waals surface area contributed by atoms with E-state index in [0.29, 0.717) is 5.92 Å². The molecule has 0 aliphatic heterocycles. The summed E-state index contributed by atoms with van der Waals surface area (Å²) in [4.78, 5) is 11.8. The lowest BCUT2D eigenvalue weighted by Crippen LogP contribution is -2.08. The molecule has 2 aromatic heterocycles. The molecule has 0 aliphatic carbocycles. The fourth-order valence-corrected chi connectivity index (χ4v) is 2.67. The number of hydrogen-bond donors (Lipinski definition) is 2. The van der Waals surface area contributed by atoms with Crippen molar-refractivity contribution in [3.63, 3.8) is 0 Å². The molecule has 108 valence electrons. The molecule has 0 unspecified atom stereocenters. The molecule has 0 radical (unpaired) electrons. The molecule has 0 aliphatic rings. The molecule has 2 rings (SSSR count). The van der Waals surface area contributed by atoms with Crippen molar-refractivity contribution in [3.8, 4) is 0 Å². The Kier molecular flexibility index (Phi) is 4.95. The summed E-state index contributed by atoms with van der Waals surface area (Å²) in [5.41, 5.74) is 0. The number of aromatic nitrogens is 2. The molecule has 0 bridgehead atoms. The normalized spacial score (nSPS) is 10.8. The molecule has 0 aromatic carbocycles. The Morgan fingerprint density at radius 2 is 1.85 bits per heavy atom. The van der Waals surface area contributed by atoms with Gasteiger partial charge in [-0.25, -0.2) is 9.97 Å². The van der Waals surface area contributed by atoms with Crippen molar-refractivity contribution < 1.29 is 0 Å². The van der Waals surface area contributed by atoms with Crippen LogP contribution in [0.25, 0.3) is 0 Å². The minimum Gasteiger partial charge on any atom is -0.370 e. The number of thiophene rings is 1. The van der Waals surface area contributed by atoms with E-state index in [0.717, 1.165) is 30.5 Å². The van der Waals surface area contributed by atoms with Gasteiger partial charge >= 0.3 is 0 Å². The lowest BCUT2D eigenvalue weighted by Gasteiger charge is -2.11. The van der Waals surface area contributed by atoms with E-state index in [9.17, 15) is 0 Å². The summed E-state index contributed by atoms with van der Waals surface area (Å²) in [7, 11) is 0. The molecule has 0 atom stereocenters. The third-order valence-electron chi connectivity index (χ3n) is 2.86. The highest BCUT2D eigenvalue weighted by Gasteiger charge is 2.08. The molecule has 2 aromatic rings. The van der Waals surface area contributed by atoms with Gasteiger partial charge < -0.3 is 10.6 Å². The smallest absolute Gasteiger partial charge is 0.135 e. The van der Waals surface area contributed by atoms with Crippen LogP contribution < -0.4 is 10.6 Å². The standard InChI is InChI=1S/C15H22N4S/c1-5-16-13-8-14(19-15(18-13)10(2)3)17-9-12-7-6-11(4)20-12/h6-8,10H,5,9H2,1-4H3,(H2,16,17,18,19). The predicted molar refractivity (Wildman–Crippen MR) is 86.7 cm³/mol. The zero-order valence-corrected chi connectivity index (χ0v) is 13.3. The molecule has 0 saturated heterocycles. The van der Waals surface area contributed by atoms with Gasteiger partial charge in [-0.3, -0.25) is 0 Å². The topological polar surface area (TPSA) is 49.8 Å². The summed E-state index contributed by atoms with van der Waals surface area (Å²) < 4.78 is 0. The van der Waals surface area contributed by atoms with Gasteiger partial charge in [0.05, 0.1) is 6.54 Å². The van der Waals surface area contributed by atoms with Gasteiger partial charge in [0, 0.05) is 28.3 Å². The fraction of sp³-hybridized carbons (Fsp3) is 0.467. The maximum atomic E-state index is 4.58. The quantitative estimate of drug-likeness (QED) is 0.844. The SMILES string of the molecule is CCNc1cc(NCc2ccc(C)s2)nc(C(C)C)n1. The first-order valence-corrected chi connectivity index (χ1v) is 7.82. The first kappa shape index (κ1) is 14.8. The Morgan fingerprint density at radius 3 is 2.40 bits per heavy atom. The lowest BCUT2D eigenvalue weighted by atomic mass is 10.2. The largest absolute Gasteiger partial charge is 0.370 e. The second kappa shape index (κ2) is 6.70. The number of nitrogens with one attached hydrogen (secondary N) is 2. The molecule has 0 spiro atoms. The number of nitrogens with zero attached hydrogens (tertiary/aromatic N) is 2. The average Bonchev–Trinajstić information content (AvgIpc) is 2.82. The van der Waals surface area contributed by atoms with Crippen LogP contribution in [0.4, 0.5) is 11.6 Å². The van der Waals surface area contributed by atoms with Crippen molar-refractivity contribution in [2.45, 2.75) is 40.2 Å². The van der Waals surface area contributed by atoms with Crippen LogP contribution in [0.5, 0.6) is 0 Å². The molecule has 0 fully saturated rings. The summed E-state index contributed by atoms with van der Waals surface area (Å²) in [5, 5.41) is 6.64. The van der Waals surface area contributed by atoms with Crippen molar-refractivity contribution in [3.05, 3.63) is 33.8 Å². The number of aryl methyl sites for hydroxylation is 1. The van der Waals surface area contributed by atoms with Crippen molar-refractivity contribution in [2.75, 3.05) is 17.2 Å². The second-order valence-electron chi connectivity index (χ2n) is 5.05. The highest BCUT2D eigenvalue weighted by molar-refractivity contribution is 7.11. The molecule has 20 heavy (non-hydrogen) atoms. The first-order chi connectivity index (χ1) is 9.58. The molecular formula is C15H22N4S. The van der Waals surface area contributed by atoms with Gasteiger partial charge in [-0.2, -0.15) is 0 Å². The minimum absolute atomic E-state index is 0.318. The van der Waals surface area contributed by atoms with Gasteiger partial charge in [0.2, 0.25) is 0 Å². The summed E-state index contributed by atoms with van der Waals surface area (Å²) in [6.45, 7) is 10.1. The van der Waals surface area contributed by atoms with Crippen molar-refractivity contribution in [1.82, 2.24) is 9.97 Å². The van der Waals surface area contributed by atoms with Crippen LogP contribution in [0.3, 0.4) is 0 Å². The summed E-state index contributed by atoms with van der Waals surface area (Å²) in [6, 6.07) is 6.27. The summed E-state index contributed by atoms with van der Waals surface area (Å²) in [5.74, 6) is 2.95. The number of rotatable bonds is 6. The summed E-state index contributed by atoms with van der Waals surface area (Å²) >= 11 is 1.81. The minimum atomic E-state index is 0.318. The zero-order chi connectivity index (χ0) is 14.5. The van der Waals surface area contributed by atoms with Gasteiger partial charge in [0.25, 0.3) is 0 Å². The van der Waals surface area contributed by atoms with Crippen LogP contribution >= 0.6 is 11.3 Å². The Hall–Kier alpha value is -1.62. The van der Waals surface area contributed by atoms with E-state index in [-0.39, 0.29) is 0 Å². The molecule has 2 N–H and O–H groups in total. The summed E-state index contributed by atoms with van der Waals surface area (Å²) in [6.07, 6.45) is 0. The maximum Gasteiger partial charge on any atom is 0.135 e. The van der Waals surface area contributed by atoms with Gasteiger partial charge in [-0.1, -0.05) is 13.8 Å². The Labute approximate surface area is 124 Å². The van der Waals surface area contributed by atoms with Crippen LogP contribution in [0.15, 0.2) is 18.2 Å². The van der Waals surface area contributed by atoms with E-state index in [1.807, 2.05) is 17.4 Å². The second-order valence-corrected chi connectivity index (χ2v) is 6.42. The highest BCUT2D eigenvalue weighted by Crippen LogP contribution is 2.19. The zero-order valence-electron chi connectivity index (χ0n) is 12.5. The highest BCUT2D eigenvalue weighted by atomic mass is 32.1. The predicted octanol–water partition coefficient (Wildman–Crippen LogP) is 4.01. The van der Waals surface area contributed by atoms with Crippen molar-refractivity contribution in [2.24, 2.45) is 0 Å². The van der Waals surface area contributed by atoms with E-state index in [1.165, 1.54) is 9.75 Å². The Balaban J connectivity index is 2.13. The maximum absolute atomic E-state index is 4.58. The van der Waals surface area contributed by atoms with Crippen LogP contribution in [-0.4, -0.2) is 16.5 Å². The van der Waals surface area contributed by atoms with Gasteiger partial charge in [0.15, 0.2) is 0 Å². The molecule has 0 saturated carbocycles. The van der Waals surface area contributed by atoms with Crippen LogP contribution in [0.2, 0.25) is 0 Å². The van der Waals surface area contributed by atoms with Gasteiger partial charge in [-0.15, -0.1) is 11.3 Å². The Morgan fingerprint density at radius 1 is 1.15 bits per heavy atom. The molecule has 0 amide bonds. The third kappa shape index (κ3) is 3.93. The van der Waals surface area contributed by atoms with E-state index in [1.54, 1.807) is 0 Å². The van der Waals surface area contributed by atoms with Gasteiger partial charge in [0.1, 0.15) is 17.5 Å².